The van der Waals surface area contributed by atoms with E-state index in [1.165, 1.54) is 0 Å². The first kappa shape index (κ1) is 26.8. The van der Waals surface area contributed by atoms with Crippen molar-refractivity contribution < 1.29 is 41.0 Å². The molecule has 2 atom stereocenters. The highest BCUT2D eigenvalue weighted by Crippen LogP contribution is 2.48. The SMILES string of the molecule is CC(C)=CC(C)(C(=O)OC(CC(O)(C(F)(F)F)C(F)(F)F)C1CCCCC1)C(C)C. The zero-order valence-corrected chi connectivity index (χ0v) is 18.1. The van der Waals surface area contributed by atoms with Crippen LogP contribution in [0.3, 0.4) is 0 Å². The van der Waals surface area contributed by atoms with Gasteiger partial charge in [-0.15, -0.1) is 0 Å². The summed E-state index contributed by atoms with van der Waals surface area (Å²) in [5, 5.41) is 9.70. The van der Waals surface area contributed by atoms with E-state index in [2.05, 4.69) is 0 Å². The summed E-state index contributed by atoms with van der Waals surface area (Å²) >= 11 is 0. The van der Waals surface area contributed by atoms with Crippen LogP contribution in [0, 0.1) is 17.3 Å². The lowest BCUT2D eigenvalue weighted by atomic mass is 9.77. The number of ether oxygens (including phenoxy) is 1. The van der Waals surface area contributed by atoms with Gasteiger partial charge in [0.25, 0.3) is 5.60 Å². The number of hydrogen-bond acceptors (Lipinski definition) is 3. The lowest BCUT2D eigenvalue weighted by Crippen LogP contribution is -2.59. The van der Waals surface area contributed by atoms with Crippen LogP contribution in [0.1, 0.15) is 73.1 Å². The maximum atomic E-state index is 13.3. The molecule has 3 nitrogen and oxygen atoms in total. The van der Waals surface area contributed by atoms with E-state index < -0.39 is 47.8 Å². The minimum Gasteiger partial charge on any atom is -0.461 e. The molecule has 0 aromatic carbocycles. The topological polar surface area (TPSA) is 46.5 Å². The Morgan fingerprint density at radius 1 is 1.03 bits per heavy atom. The average Bonchev–Trinajstić information content (AvgIpc) is 2.58. The van der Waals surface area contributed by atoms with Gasteiger partial charge in [0.1, 0.15) is 6.10 Å². The van der Waals surface area contributed by atoms with Crippen LogP contribution in [0.2, 0.25) is 0 Å². The fraction of sp³-hybridized carbons (Fsp3) is 0.857. The maximum Gasteiger partial charge on any atom is 0.426 e. The largest absolute Gasteiger partial charge is 0.461 e. The molecular weight excluding hydrogens is 414 g/mol. The van der Waals surface area contributed by atoms with Gasteiger partial charge in [-0.1, -0.05) is 44.8 Å². The standard InChI is InChI=1S/C21H32F6O3/c1-13(2)11-18(5,14(3)4)17(28)30-16(15-9-7-6-8-10-15)12-19(29,20(22,23)24)21(25,26)27/h11,14-16,29H,6-10,12H2,1-5H3. The molecule has 9 heteroatoms. The van der Waals surface area contributed by atoms with Gasteiger partial charge in [-0.3, -0.25) is 4.79 Å². The molecule has 1 rings (SSSR count). The highest BCUT2D eigenvalue weighted by molar-refractivity contribution is 5.79. The summed E-state index contributed by atoms with van der Waals surface area (Å²) in [6.45, 7) is 8.46. The Morgan fingerprint density at radius 3 is 1.87 bits per heavy atom. The third-order valence-corrected chi connectivity index (χ3v) is 6.10. The third-order valence-electron chi connectivity index (χ3n) is 6.10. The van der Waals surface area contributed by atoms with E-state index in [4.69, 9.17) is 4.74 Å². The van der Waals surface area contributed by atoms with E-state index in [1.807, 2.05) is 0 Å². The highest BCUT2D eigenvalue weighted by Gasteiger charge is 2.71. The Hall–Kier alpha value is -1.25. The second-order valence-corrected chi connectivity index (χ2v) is 9.06. The highest BCUT2D eigenvalue weighted by atomic mass is 19.4. The van der Waals surface area contributed by atoms with E-state index in [9.17, 15) is 36.2 Å². The average molecular weight is 446 g/mol. The van der Waals surface area contributed by atoms with Gasteiger partial charge in [-0.2, -0.15) is 26.3 Å². The molecule has 0 spiro atoms. The Morgan fingerprint density at radius 2 is 1.50 bits per heavy atom. The van der Waals surface area contributed by atoms with Crippen molar-refractivity contribution in [2.24, 2.45) is 17.3 Å². The van der Waals surface area contributed by atoms with Crippen molar-refractivity contribution >= 4 is 5.97 Å². The van der Waals surface area contributed by atoms with Gasteiger partial charge in [-0.25, -0.2) is 0 Å². The Bertz CT molecular complexity index is 599. The normalized spacial score (nSPS) is 19.9. The number of aliphatic hydroxyl groups is 1. The smallest absolute Gasteiger partial charge is 0.426 e. The first-order chi connectivity index (χ1) is 13.5. The number of alkyl halides is 6. The van der Waals surface area contributed by atoms with E-state index in [0.29, 0.717) is 25.7 Å². The molecule has 0 bridgehead atoms. The number of carbonyl (C=O) groups excluding carboxylic acids is 1. The van der Waals surface area contributed by atoms with E-state index in [-0.39, 0.29) is 5.92 Å². The number of carbonyl (C=O) groups is 1. The number of esters is 1. The molecule has 2 unspecified atom stereocenters. The summed E-state index contributed by atoms with van der Waals surface area (Å²) in [5.74, 6) is -1.88. The van der Waals surface area contributed by atoms with Crippen LogP contribution in [0.5, 0.6) is 0 Å². The van der Waals surface area contributed by atoms with Crippen molar-refractivity contribution in [1.29, 1.82) is 0 Å². The molecule has 1 aliphatic rings. The molecule has 0 aliphatic heterocycles. The summed E-state index contributed by atoms with van der Waals surface area (Å²) in [5.41, 5.74) is -5.41. The maximum absolute atomic E-state index is 13.3. The molecule has 1 fully saturated rings. The monoisotopic (exact) mass is 446 g/mol. The number of allylic oxidation sites excluding steroid dienone is 1. The van der Waals surface area contributed by atoms with Crippen molar-refractivity contribution in [3.63, 3.8) is 0 Å². The van der Waals surface area contributed by atoms with E-state index in [0.717, 1.165) is 12.0 Å². The van der Waals surface area contributed by atoms with Gasteiger partial charge in [0.15, 0.2) is 0 Å². The second kappa shape index (κ2) is 9.49. The van der Waals surface area contributed by atoms with Crippen LogP contribution in [0.25, 0.3) is 0 Å². The summed E-state index contributed by atoms with van der Waals surface area (Å²) in [4.78, 5) is 13.0. The Labute approximate surface area is 173 Å². The fourth-order valence-electron chi connectivity index (χ4n) is 3.82. The zero-order chi connectivity index (χ0) is 23.5. The summed E-state index contributed by atoms with van der Waals surface area (Å²) in [7, 11) is 0. The van der Waals surface area contributed by atoms with Gasteiger partial charge in [0.2, 0.25) is 0 Å². The molecule has 1 aliphatic carbocycles. The van der Waals surface area contributed by atoms with Crippen molar-refractivity contribution in [3.8, 4) is 0 Å². The fourth-order valence-corrected chi connectivity index (χ4v) is 3.82. The second-order valence-electron chi connectivity index (χ2n) is 9.06. The molecule has 176 valence electrons. The van der Waals surface area contributed by atoms with Crippen molar-refractivity contribution in [3.05, 3.63) is 11.6 Å². The molecule has 30 heavy (non-hydrogen) atoms. The number of rotatable bonds is 7. The predicted molar refractivity (Wildman–Crippen MR) is 101 cm³/mol. The van der Waals surface area contributed by atoms with Crippen LogP contribution in [0.4, 0.5) is 26.3 Å². The lowest BCUT2D eigenvalue weighted by Gasteiger charge is -2.40. The molecule has 0 heterocycles. The molecular formula is C21H32F6O3. The summed E-state index contributed by atoms with van der Waals surface area (Å²) in [6, 6.07) is 0. The summed E-state index contributed by atoms with van der Waals surface area (Å²) in [6.07, 6.45) is -11.0. The van der Waals surface area contributed by atoms with Crippen molar-refractivity contribution in [1.82, 2.24) is 0 Å². The minimum atomic E-state index is -5.95. The Kier molecular flexibility index (Phi) is 8.47. The molecule has 1 N–H and O–H groups in total. The van der Waals surface area contributed by atoms with E-state index >= 15 is 0 Å². The quantitative estimate of drug-likeness (QED) is 0.282. The minimum absolute atomic E-state index is 0.309. The zero-order valence-electron chi connectivity index (χ0n) is 18.1. The van der Waals surface area contributed by atoms with Crippen LogP contribution >= 0.6 is 0 Å². The van der Waals surface area contributed by atoms with Gasteiger partial charge in [-0.05, 0) is 45.4 Å². The molecule has 0 aromatic heterocycles. The molecule has 0 aromatic rings. The number of halogens is 6. The molecule has 1 saturated carbocycles. The number of hydrogen-bond donors (Lipinski definition) is 1. The molecule has 0 radical (unpaired) electrons. The van der Waals surface area contributed by atoms with Crippen molar-refractivity contribution in [2.45, 2.75) is 97.2 Å². The first-order valence-electron chi connectivity index (χ1n) is 10.2. The molecule has 0 amide bonds. The predicted octanol–water partition coefficient (Wildman–Crippen LogP) is 6.35. The van der Waals surface area contributed by atoms with Gasteiger partial charge in [0, 0.05) is 6.42 Å². The van der Waals surface area contributed by atoms with Gasteiger partial charge in [0.05, 0.1) is 5.41 Å². The lowest BCUT2D eigenvalue weighted by molar-refractivity contribution is -0.375. The Balaban J connectivity index is 3.33. The summed E-state index contributed by atoms with van der Waals surface area (Å²) < 4.78 is 85.0. The third kappa shape index (κ3) is 5.92. The van der Waals surface area contributed by atoms with Crippen LogP contribution in [0.15, 0.2) is 11.6 Å². The van der Waals surface area contributed by atoms with Crippen LogP contribution in [-0.4, -0.2) is 35.1 Å². The van der Waals surface area contributed by atoms with E-state index in [1.54, 1.807) is 40.7 Å². The van der Waals surface area contributed by atoms with Crippen molar-refractivity contribution in [2.75, 3.05) is 0 Å². The first-order valence-corrected chi connectivity index (χ1v) is 10.2. The van der Waals surface area contributed by atoms with Crippen LogP contribution in [-0.2, 0) is 9.53 Å². The van der Waals surface area contributed by atoms with Gasteiger partial charge >= 0.3 is 18.3 Å². The van der Waals surface area contributed by atoms with Gasteiger partial charge < -0.3 is 9.84 Å². The van der Waals surface area contributed by atoms with Crippen LogP contribution < -0.4 is 0 Å². The molecule has 0 saturated heterocycles.